The molecule has 0 aromatic heterocycles. The van der Waals surface area contributed by atoms with Crippen molar-refractivity contribution in [2.75, 3.05) is 26.9 Å². The Labute approximate surface area is 73.6 Å². The van der Waals surface area contributed by atoms with E-state index >= 15 is 0 Å². The number of hydrogen-bond acceptors (Lipinski definition) is 3. The SMILES string of the molecule is COC1(CN)CCCOC1.Cl. The van der Waals surface area contributed by atoms with E-state index in [0.717, 1.165) is 19.4 Å². The van der Waals surface area contributed by atoms with E-state index in [1.54, 1.807) is 7.11 Å². The van der Waals surface area contributed by atoms with Crippen LogP contribution >= 0.6 is 12.4 Å². The number of rotatable bonds is 2. The smallest absolute Gasteiger partial charge is 0.103 e. The van der Waals surface area contributed by atoms with Crippen molar-refractivity contribution in [3.8, 4) is 0 Å². The van der Waals surface area contributed by atoms with E-state index < -0.39 is 0 Å². The highest BCUT2D eigenvalue weighted by atomic mass is 35.5. The highest BCUT2D eigenvalue weighted by Crippen LogP contribution is 2.20. The van der Waals surface area contributed by atoms with Crippen LogP contribution in [0.5, 0.6) is 0 Å². The molecule has 2 N–H and O–H groups in total. The van der Waals surface area contributed by atoms with Gasteiger partial charge in [0, 0.05) is 20.3 Å². The van der Waals surface area contributed by atoms with Crippen molar-refractivity contribution in [2.45, 2.75) is 18.4 Å². The minimum Gasteiger partial charge on any atom is -0.378 e. The van der Waals surface area contributed by atoms with Crippen LogP contribution in [0.4, 0.5) is 0 Å². The second-order valence-electron chi connectivity index (χ2n) is 2.75. The minimum absolute atomic E-state index is 0. The van der Waals surface area contributed by atoms with Crippen LogP contribution in [0.2, 0.25) is 0 Å². The molecule has 1 atom stereocenters. The second kappa shape index (κ2) is 4.93. The first-order chi connectivity index (χ1) is 4.83. The number of methoxy groups -OCH3 is 1. The predicted molar refractivity (Wildman–Crippen MR) is 46.1 cm³/mol. The summed E-state index contributed by atoms with van der Waals surface area (Å²) in [6, 6.07) is 0. The summed E-state index contributed by atoms with van der Waals surface area (Å²) in [6.07, 6.45) is 2.09. The maximum Gasteiger partial charge on any atom is 0.103 e. The summed E-state index contributed by atoms with van der Waals surface area (Å²) in [5, 5.41) is 0. The van der Waals surface area contributed by atoms with Crippen LogP contribution in [-0.2, 0) is 9.47 Å². The van der Waals surface area contributed by atoms with Crippen LogP contribution in [0.15, 0.2) is 0 Å². The zero-order chi connectivity index (χ0) is 7.45. The van der Waals surface area contributed by atoms with Gasteiger partial charge in [0.15, 0.2) is 0 Å². The molecule has 0 aromatic carbocycles. The largest absolute Gasteiger partial charge is 0.378 e. The molecular weight excluding hydrogens is 166 g/mol. The van der Waals surface area contributed by atoms with E-state index in [9.17, 15) is 0 Å². The van der Waals surface area contributed by atoms with Crippen molar-refractivity contribution >= 4 is 12.4 Å². The molecule has 0 saturated carbocycles. The minimum atomic E-state index is -0.182. The van der Waals surface area contributed by atoms with Crippen molar-refractivity contribution in [1.29, 1.82) is 0 Å². The highest BCUT2D eigenvalue weighted by Gasteiger charge is 2.30. The average Bonchev–Trinajstić information content (AvgIpc) is 2.06. The molecule has 4 heteroatoms. The Morgan fingerprint density at radius 1 is 1.64 bits per heavy atom. The molecule has 1 unspecified atom stereocenters. The Hall–Kier alpha value is 0.170. The van der Waals surface area contributed by atoms with Crippen LogP contribution in [0.3, 0.4) is 0 Å². The van der Waals surface area contributed by atoms with Crippen molar-refractivity contribution in [3.63, 3.8) is 0 Å². The van der Waals surface area contributed by atoms with Crippen LogP contribution < -0.4 is 5.73 Å². The average molecular weight is 182 g/mol. The number of hydrogen-bond donors (Lipinski definition) is 1. The summed E-state index contributed by atoms with van der Waals surface area (Å²) in [7, 11) is 1.70. The molecule has 1 aliphatic heterocycles. The third kappa shape index (κ3) is 2.60. The highest BCUT2D eigenvalue weighted by molar-refractivity contribution is 5.85. The lowest BCUT2D eigenvalue weighted by Crippen LogP contribution is -2.46. The van der Waals surface area contributed by atoms with Crippen molar-refractivity contribution < 1.29 is 9.47 Å². The molecule has 11 heavy (non-hydrogen) atoms. The van der Waals surface area contributed by atoms with Gasteiger partial charge in [0.1, 0.15) is 5.60 Å². The van der Waals surface area contributed by atoms with Crippen molar-refractivity contribution in [1.82, 2.24) is 0 Å². The van der Waals surface area contributed by atoms with Gasteiger partial charge in [0.25, 0.3) is 0 Å². The Morgan fingerprint density at radius 3 is 2.64 bits per heavy atom. The number of ether oxygens (including phenoxy) is 2. The van der Waals surface area contributed by atoms with E-state index in [1.807, 2.05) is 0 Å². The molecule has 68 valence electrons. The molecule has 3 nitrogen and oxygen atoms in total. The number of nitrogens with two attached hydrogens (primary N) is 1. The van der Waals surface area contributed by atoms with Gasteiger partial charge in [-0.2, -0.15) is 0 Å². The van der Waals surface area contributed by atoms with Gasteiger partial charge in [-0.1, -0.05) is 0 Å². The monoisotopic (exact) mass is 181 g/mol. The molecule has 0 spiro atoms. The fraction of sp³-hybridized carbons (Fsp3) is 1.00. The Bertz CT molecular complexity index is 98.6. The predicted octanol–water partition coefficient (Wildman–Crippen LogP) is 0.562. The summed E-state index contributed by atoms with van der Waals surface area (Å²) >= 11 is 0. The molecular formula is C7H16ClNO2. The van der Waals surface area contributed by atoms with E-state index in [0.29, 0.717) is 13.2 Å². The zero-order valence-corrected chi connectivity index (χ0v) is 7.65. The molecule has 0 bridgehead atoms. The third-order valence-electron chi connectivity index (χ3n) is 2.09. The van der Waals surface area contributed by atoms with Gasteiger partial charge in [-0.25, -0.2) is 0 Å². The van der Waals surface area contributed by atoms with Crippen molar-refractivity contribution in [2.24, 2.45) is 5.73 Å². The molecule has 1 saturated heterocycles. The quantitative estimate of drug-likeness (QED) is 0.677. The van der Waals surface area contributed by atoms with E-state index in [4.69, 9.17) is 15.2 Å². The summed E-state index contributed by atoms with van der Waals surface area (Å²) in [5.41, 5.74) is 5.36. The van der Waals surface area contributed by atoms with Gasteiger partial charge in [-0.15, -0.1) is 12.4 Å². The maximum atomic E-state index is 5.54. The standard InChI is InChI=1S/C7H15NO2.ClH/c1-9-7(5-8)3-2-4-10-6-7;/h2-6,8H2,1H3;1H. The normalized spacial score (nSPS) is 31.1. The van der Waals surface area contributed by atoms with Gasteiger partial charge in [0.05, 0.1) is 6.61 Å². The second-order valence-corrected chi connectivity index (χ2v) is 2.75. The van der Waals surface area contributed by atoms with Crippen LogP contribution in [-0.4, -0.2) is 32.5 Å². The van der Waals surface area contributed by atoms with Crippen LogP contribution in [0.25, 0.3) is 0 Å². The Kier molecular flexibility index (Phi) is 5.01. The first kappa shape index (κ1) is 11.2. The lowest BCUT2D eigenvalue weighted by Gasteiger charge is -2.34. The molecule has 0 radical (unpaired) electrons. The van der Waals surface area contributed by atoms with Crippen LogP contribution in [0, 0.1) is 0 Å². The van der Waals surface area contributed by atoms with E-state index in [2.05, 4.69) is 0 Å². The molecule has 0 aromatic rings. The Morgan fingerprint density at radius 2 is 2.36 bits per heavy atom. The summed E-state index contributed by atoms with van der Waals surface area (Å²) in [6.45, 7) is 2.06. The topological polar surface area (TPSA) is 44.5 Å². The van der Waals surface area contributed by atoms with E-state index in [1.165, 1.54) is 0 Å². The molecule has 0 amide bonds. The lowest BCUT2D eigenvalue weighted by atomic mass is 9.97. The van der Waals surface area contributed by atoms with Gasteiger partial charge < -0.3 is 15.2 Å². The summed E-state index contributed by atoms with van der Waals surface area (Å²) in [4.78, 5) is 0. The zero-order valence-electron chi connectivity index (χ0n) is 6.84. The molecule has 0 aliphatic carbocycles. The maximum absolute atomic E-state index is 5.54. The van der Waals surface area contributed by atoms with Gasteiger partial charge >= 0.3 is 0 Å². The Balaban J connectivity index is 0.000001000. The van der Waals surface area contributed by atoms with Gasteiger partial charge in [-0.3, -0.25) is 0 Å². The first-order valence-corrected chi connectivity index (χ1v) is 3.66. The molecule has 1 fully saturated rings. The third-order valence-corrected chi connectivity index (χ3v) is 2.09. The number of halogens is 1. The molecule has 1 aliphatic rings. The van der Waals surface area contributed by atoms with Crippen LogP contribution in [0.1, 0.15) is 12.8 Å². The summed E-state index contributed by atoms with van der Waals surface area (Å²) in [5.74, 6) is 0. The molecule has 1 heterocycles. The fourth-order valence-corrected chi connectivity index (χ4v) is 1.23. The fourth-order valence-electron chi connectivity index (χ4n) is 1.23. The summed E-state index contributed by atoms with van der Waals surface area (Å²) < 4.78 is 10.5. The van der Waals surface area contributed by atoms with Gasteiger partial charge in [-0.05, 0) is 12.8 Å². The van der Waals surface area contributed by atoms with Crippen molar-refractivity contribution in [3.05, 3.63) is 0 Å². The first-order valence-electron chi connectivity index (χ1n) is 3.66. The molecule has 1 rings (SSSR count). The van der Waals surface area contributed by atoms with E-state index in [-0.39, 0.29) is 18.0 Å². The lowest BCUT2D eigenvalue weighted by molar-refractivity contribution is -0.103. The van der Waals surface area contributed by atoms with Gasteiger partial charge in [0.2, 0.25) is 0 Å².